The van der Waals surface area contributed by atoms with Crippen molar-refractivity contribution in [3.05, 3.63) is 227 Å². The lowest BCUT2D eigenvalue weighted by Crippen LogP contribution is -2.22. The zero-order valence-electron chi connectivity index (χ0n) is 39.9. The van der Waals surface area contributed by atoms with Crippen molar-refractivity contribution in [1.29, 1.82) is 0 Å². The Labute approximate surface area is 392 Å². The summed E-state index contributed by atoms with van der Waals surface area (Å²) >= 11 is 0. The minimum Gasteiger partial charge on any atom is -0.355 e. The Hall–Kier alpha value is -6.96. The van der Waals surface area contributed by atoms with Gasteiger partial charge in [0.2, 0.25) is 0 Å². The number of anilines is 2. The number of benzene rings is 9. The summed E-state index contributed by atoms with van der Waals surface area (Å²) in [5.41, 5.74) is 23.7. The van der Waals surface area contributed by atoms with E-state index in [1.54, 1.807) is 0 Å². The third kappa shape index (κ3) is 6.50. The van der Waals surface area contributed by atoms with Crippen molar-refractivity contribution in [1.82, 2.24) is 0 Å². The first-order chi connectivity index (χ1) is 31.6. The summed E-state index contributed by atoms with van der Waals surface area (Å²) in [6.07, 6.45) is 0. The van der Waals surface area contributed by atoms with E-state index >= 15 is 0 Å². The van der Waals surface area contributed by atoms with Crippen molar-refractivity contribution in [2.45, 2.75) is 84.0 Å². The quantitative estimate of drug-likeness (QED) is 0.176. The van der Waals surface area contributed by atoms with Crippen LogP contribution >= 0.6 is 0 Å². The maximum absolute atomic E-state index is 4.12. The fourth-order valence-corrected chi connectivity index (χ4v) is 11.4. The minimum atomic E-state index is -0.359. The summed E-state index contributed by atoms with van der Waals surface area (Å²) in [4.78, 5) is 0. The molecular formula is C65H59N. The molecule has 0 radical (unpaired) electrons. The zero-order valence-corrected chi connectivity index (χ0v) is 39.9. The second kappa shape index (κ2) is 15.0. The van der Waals surface area contributed by atoms with Crippen LogP contribution in [-0.2, 0) is 21.7 Å². The first kappa shape index (κ1) is 41.7. The van der Waals surface area contributed by atoms with E-state index < -0.39 is 0 Å². The van der Waals surface area contributed by atoms with E-state index in [2.05, 4.69) is 256 Å². The van der Waals surface area contributed by atoms with Crippen LogP contribution in [0.4, 0.5) is 11.4 Å². The predicted molar refractivity (Wildman–Crippen MR) is 282 cm³/mol. The molecule has 1 atom stereocenters. The lowest BCUT2D eigenvalue weighted by Gasteiger charge is -2.30. The highest BCUT2D eigenvalue weighted by Gasteiger charge is 2.44. The molecule has 0 heterocycles. The van der Waals surface area contributed by atoms with Gasteiger partial charge in [0, 0.05) is 27.8 Å². The monoisotopic (exact) mass is 853 g/mol. The van der Waals surface area contributed by atoms with Gasteiger partial charge in [0.25, 0.3) is 0 Å². The Kier molecular flexibility index (Phi) is 9.51. The Morgan fingerprint density at radius 1 is 0.394 bits per heavy atom. The van der Waals surface area contributed by atoms with Crippen molar-refractivity contribution in [2.75, 3.05) is 5.32 Å². The topological polar surface area (TPSA) is 12.0 Å². The van der Waals surface area contributed by atoms with Gasteiger partial charge in [-0.1, -0.05) is 219 Å². The summed E-state index contributed by atoms with van der Waals surface area (Å²) in [6, 6.07) is 70.6. The normalized spacial score (nSPS) is 15.8. The van der Waals surface area contributed by atoms with Gasteiger partial charge in [-0.2, -0.15) is 0 Å². The van der Waals surface area contributed by atoms with Crippen LogP contribution in [0, 0.1) is 0 Å². The van der Waals surface area contributed by atoms with Crippen LogP contribution in [-0.4, -0.2) is 0 Å². The molecular weight excluding hydrogens is 795 g/mol. The van der Waals surface area contributed by atoms with Crippen molar-refractivity contribution in [3.8, 4) is 55.6 Å². The van der Waals surface area contributed by atoms with E-state index in [1.807, 2.05) is 0 Å². The number of rotatable bonds is 6. The maximum atomic E-state index is 4.12. The molecule has 0 spiro atoms. The Bertz CT molecular complexity index is 3370. The summed E-state index contributed by atoms with van der Waals surface area (Å²) in [7, 11) is 0. The van der Waals surface area contributed by atoms with Gasteiger partial charge in [-0.3, -0.25) is 0 Å². The molecule has 1 heteroatoms. The van der Waals surface area contributed by atoms with Gasteiger partial charge in [-0.05, 0) is 142 Å². The van der Waals surface area contributed by atoms with Gasteiger partial charge in [-0.25, -0.2) is 0 Å². The van der Waals surface area contributed by atoms with Crippen LogP contribution in [0.5, 0.6) is 0 Å². The highest BCUT2D eigenvalue weighted by molar-refractivity contribution is 6.05. The Balaban J connectivity index is 1.22. The van der Waals surface area contributed by atoms with E-state index in [-0.39, 0.29) is 21.7 Å². The Morgan fingerprint density at radius 2 is 1.05 bits per heavy atom. The van der Waals surface area contributed by atoms with E-state index in [1.165, 1.54) is 105 Å². The molecule has 1 N–H and O–H groups in total. The van der Waals surface area contributed by atoms with Gasteiger partial charge in [0.15, 0.2) is 0 Å². The molecule has 66 heavy (non-hydrogen) atoms. The van der Waals surface area contributed by atoms with Gasteiger partial charge < -0.3 is 5.32 Å². The molecule has 1 nitrogen and oxygen atoms in total. The Morgan fingerprint density at radius 3 is 1.80 bits per heavy atom. The summed E-state index contributed by atoms with van der Waals surface area (Å²) in [6.45, 7) is 21.5. The summed E-state index contributed by atoms with van der Waals surface area (Å²) in [5, 5.41) is 6.61. The average molecular weight is 854 g/mol. The first-order valence-corrected chi connectivity index (χ1v) is 23.8. The average Bonchev–Trinajstić information content (AvgIpc) is 3.71. The number of hydrogen-bond donors (Lipinski definition) is 1. The van der Waals surface area contributed by atoms with Crippen LogP contribution in [0.3, 0.4) is 0 Å². The van der Waals surface area contributed by atoms with E-state index in [9.17, 15) is 0 Å². The molecule has 0 fully saturated rings. The van der Waals surface area contributed by atoms with Crippen molar-refractivity contribution in [3.63, 3.8) is 0 Å². The molecule has 9 aromatic carbocycles. The highest BCUT2D eigenvalue weighted by atomic mass is 14.9. The molecule has 0 amide bonds. The van der Waals surface area contributed by atoms with E-state index in [4.69, 9.17) is 0 Å². The lowest BCUT2D eigenvalue weighted by atomic mass is 9.73. The lowest BCUT2D eigenvalue weighted by molar-refractivity contribution is 0.564. The molecule has 324 valence electrons. The van der Waals surface area contributed by atoms with Gasteiger partial charge in [-0.15, -0.1) is 0 Å². The van der Waals surface area contributed by atoms with Gasteiger partial charge in [0.1, 0.15) is 0 Å². The molecule has 0 aromatic heterocycles. The molecule has 9 aromatic rings. The largest absolute Gasteiger partial charge is 0.355 e. The fraction of sp³-hybridized carbons (Fsp3) is 0.200. The summed E-state index contributed by atoms with van der Waals surface area (Å²) < 4.78 is 0. The van der Waals surface area contributed by atoms with Crippen LogP contribution < -0.4 is 5.32 Å². The first-order valence-electron chi connectivity index (χ1n) is 23.8. The van der Waals surface area contributed by atoms with Crippen LogP contribution in [0.25, 0.3) is 66.4 Å². The maximum Gasteiger partial charge on any atom is 0.0467 e. The smallest absolute Gasteiger partial charge is 0.0467 e. The molecule has 0 saturated heterocycles. The second-order valence-electron chi connectivity index (χ2n) is 21.6. The predicted octanol–water partition coefficient (Wildman–Crippen LogP) is 17.8. The third-order valence-electron chi connectivity index (χ3n) is 15.0. The molecule has 2 aliphatic rings. The molecule has 0 bridgehead atoms. The van der Waals surface area contributed by atoms with Crippen molar-refractivity contribution >= 4 is 22.1 Å². The van der Waals surface area contributed by atoms with Crippen molar-refractivity contribution < 1.29 is 0 Å². The standard InChI is InChI=1S/C65H59N/c1-62(2,3)45-37-56(63(4,5)6)60-57(38-45)64(7,8)54-35-34-50(59(61(54)60)42-23-12-10-13-24-42)52-39-51-49-31-18-19-33-53(49)65(9,44-27-14-11-15-28-44)55(51)40-58(52)66-46-29-20-26-43(36-46)48-32-21-25-41-22-16-17-30-47(41)48/h10-40,66H,1-9H3. The third-order valence-corrected chi connectivity index (χ3v) is 15.0. The molecule has 2 aliphatic carbocycles. The van der Waals surface area contributed by atoms with Gasteiger partial charge >= 0.3 is 0 Å². The molecule has 0 aliphatic heterocycles. The van der Waals surface area contributed by atoms with E-state index in [0.717, 1.165) is 11.4 Å². The SMILES string of the molecule is CC(C)(C)c1cc(C(C)(C)C)c2c(c1)C(C)(C)c1ccc(-c3cc4c(cc3Nc3cccc(-c5cccc6ccccc56)c3)C(C)(c3ccccc3)c3ccccc3-4)c(-c3ccccc3)c1-2. The van der Waals surface area contributed by atoms with Crippen LogP contribution in [0.15, 0.2) is 188 Å². The molecule has 11 rings (SSSR count). The summed E-state index contributed by atoms with van der Waals surface area (Å²) in [5.74, 6) is 0. The van der Waals surface area contributed by atoms with Gasteiger partial charge in [0.05, 0.1) is 0 Å². The molecule has 0 saturated carbocycles. The highest BCUT2D eigenvalue weighted by Crippen LogP contribution is 2.60. The zero-order chi connectivity index (χ0) is 45.8. The number of nitrogens with one attached hydrogen (secondary N) is 1. The number of fused-ring (bicyclic) bond motifs is 7. The minimum absolute atomic E-state index is 0.00768. The fourth-order valence-electron chi connectivity index (χ4n) is 11.4. The van der Waals surface area contributed by atoms with Crippen LogP contribution in [0.2, 0.25) is 0 Å². The van der Waals surface area contributed by atoms with Crippen LogP contribution in [0.1, 0.15) is 101 Å². The van der Waals surface area contributed by atoms with Crippen molar-refractivity contribution in [2.24, 2.45) is 0 Å². The molecule has 1 unspecified atom stereocenters. The second-order valence-corrected chi connectivity index (χ2v) is 21.6. The van der Waals surface area contributed by atoms with E-state index in [0.29, 0.717) is 0 Å². The number of hydrogen-bond acceptors (Lipinski definition) is 1.